The number of aliphatic hydroxyl groups is 1. The number of benzene rings is 2. The van der Waals surface area contributed by atoms with Crippen molar-refractivity contribution < 1.29 is 24.5 Å². The fraction of sp³-hybridized carbons (Fsp3) is 0.333. The Balaban J connectivity index is 1.49. The van der Waals surface area contributed by atoms with Gasteiger partial charge in [0, 0.05) is 19.0 Å². The lowest BCUT2D eigenvalue weighted by Gasteiger charge is -2.33. The van der Waals surface area contributed by atoms with Crippen LogP contribution in [0.2, 0.25) is 0 Å². The Labute approximate surface area is 157 Å². The fourth-order valence-electron chi connectivity index (χ4n) is 4.09. The molecular formula is C21H21NO5. The van der Waals surface area contributed by atoms with Crippen molar-refractivity contribution in [2.45, 2.75) is 18.4 Å². The van der Waals surface area contributed by atoms with Crippen molar-refractivity contribution in [3.05, 3.63) is 59.7 Å². The summed E-state index contributed by atoms with van der Waals surface area (Å²) in [4.78, 5) is 25.0. The van der Waals surface area contributed by atoms with Gasteiger partial charge in [0.05, 0.1) is 12.0 Å². The summed E-state index contributed by atoms with van der Waals surface area (Å²) < 4.78 is 5.54. The van der Waals surface area contributed by atoms with Crippen molar-refractivity contribution in [3.63, 3.8) is 0 Å². The van der Waals surface area contributed by atoms with Gasteiger partial charge in [0.25, 0.3) is 0 Å². The van der Waals surface area contributed by atoms with Crippen LogP contribution in [0.3, 0.4) is 0 Å². The highest BCUT2D eigenvalue weighted by atomic mass is 16.6. The number of piperidine rings is 1. The first-order chi connectivity index (χ1) is 13.0. The average molecular weight is 367 g/mol. The van der Waals surface area contributed by atoms with Gasteiger partial charge >= 0.3 is 12.1 Å². The van der Waals surface area contributed by atoms with Crippen LogP contribution in [0.5, 0.6) is 0 Å². The number of nitrogens with zero attached hydrogens (tertiary/aromatic N) is 1. The number of fused-ring (bicyclic) bond motifs is 3. The number of carboxylic acid groups (broad SMARTS) is 1. The van der Waals surface area contributed by atoms with Gasteiger partial charge in [0.15, 0.2) is 0 Å². The topological polar surface area (TPSA) is 87.1 Å². The Morgan fingerprint density at radius 1 is 1.00 bits per heavy atom. The van der Waals surface area contributed by atoms with Crippen LogP contribution in [0.1, 0.15) is 23.5 Å². The van der Waals surface area contributed by atoms with E-state index in [1.54, 1.807) is 0 Å². The Morgan fingerprint density at radius 3 is 2.19 bits per heavy atom. The maximum absolute atomic E-state index is 12.5. The Morgan fingerprint density at radius 2 is 1.59 bits per heavy atom. The van der Waals surface area contributed by atoms with E-state index in [9.17, 15) is 19.8 Å². The smallest absolute Gasteiger partial charge is 0.409 e. The summed E-state index contributed by atoms with van der Waals surface area (Å²) in [6.45, 7) is 0.334. The number of carboxylic acids is 1. The highest BCUT2D eigenvalue weighted by Crippen LogP contribution is 2.44. The van der Waals surface area contributed by atoms with Gasteiger partial charge in [-0.25, -0.2) is 4.79 Å². The third kappa shape index (κ3) is 3.28. The lowest BCUT2D eigenvalue weighted by molar-refractivity contribution is -0.145. The quantitative estimate of drug-likeness (QED) is 0.871. The van der Waals surface area contributed by atoms with Crippen molar-refractivity contribution in [1.29, 1.82) is 0 Å². The average Bonchev–Trinajstić information content (AvgIpc) is 2.99. The minimum Gasteiger partial charge on any atom is -0.481 e. The van der Waals surface area contributed by atoms with Gasteiger partial charge in [-0.3, -0.25) is 4.79 Å². The first-order valence-electron chi connectivity index (χ1n) is 9.05. The number of carbonyl (C=O) groups is 2. The lowest BCUT2D eigenvalue weighted by Crippen LogP contribution is -2.48. The minimum absolute atomic E-state index is 0.0497. The Kier molecular flexibility index (Phi) is 4.58. The van der Waals surface area contributed by atoms with Gasteiger partial charge in [-0.05, 0) is 28.7 Å². The molecule has 1 heterocycles. The molecule has 2 aliphatic rings. The first-order valence-corrected chi connectivity index (χ1v) is 9.05. The molecule has 27 heavy (non-hydrogen) atoms. The summed E-state index contributed by atoms with van der Waals surface area (Å²) in [5, 5.41) is 19.1. The number of likely N-dealkylation sites (tertiary alicyclic amines) is 1. The Bertz CT molecular complexity index is 835. The van der Waals surface area contributed by atoms with Gasteiger partial charge in [-0.2, -0.15) is 0 Å². The van der Waals surface area contributed by atoms with Gasteiger partial charge in [-0.15, -0.1) is 0 Å². The number of β-amino-alcohol motifs (C(OH)–C–C–N with tert-alkyl or cyclic N) is 1. The molecule has 0 bridgehead atoms. The third-order valence-corrected chi connectivity index (χ3v) is 5.37. The van der Waals surface area contributed by atoms with Crippen LogP contribution in [0.15, 0.2) is 48.5 Å². The van der Waals surface area contributed by atoms with E-state index in [2.05, 4.69) is 12.1 Å². The van der Waals surface area contributed by atoms with Crippen molar-refractivity contribution in [2.24, 2.45) is 5.92 Å². The highest BCUT2D eigenvalue weighted by molar-refractivity contribution is 5.79. The van der Waals surface area contributed by atoms with E-state index < -0.39 is 24.1 Å². The molecule has 0 saturated carbocycles. The van der Waals surface area contributed by atoms with E-state index in [0.717, 1.165) is 22.3 Å². The number of carbonyl (C=O) groups excluding carboxylic acids is 1. The molecule has 1 fully saturated rings. The molecule has 6 heteroatoms. The maximum atomic E-state index is 12.5. The maximum Gasteiger partial charge on any atom is 0.409 e. The van der Waals surface area contributed by atoms with Crippen LogP contribution in [0.4, 0.5) is 4.79 Å². The zero-order valence-corrected chi connectivity index (χ0v) is 14.7. The summed E-state index contributed by atoms with van der Waals surface area (Å²) in [5.41, 5.74) is 4.53. The number of aliphatic carboxylic acids is 1. The molecule has 2 aromatic rings. The molecule has 1 unspecified atom stereocenters. The zero-order valence-electron chi connectivity index (χ0n) is 14.7. The molecule has 6 nitrogen and oxygen atoms in total. The standard InChI is InChI=1S/C21H21NO5/c23-14-9-13(20(24)25)10-22(11-14)21(26)27-12-19-17-7-3-1-5-15(17)16-6-2-4-8-18(16)19/h1-8,13-14,19,23H,9-12H2,(H,24,25)/t13-,14?/m1/s1. The molecule has 2 N–H and O–H groups in total. The van der Waals surface area contributed by atoms with Gasteiger partial charge < -0.3 is 19.8 Å². The van der Waals surface area contributed by atoms with Gasteiger partial charge in [0.1, 0.15) is 6.61 Å². The second-order valence-corrected chi connectivity index (χ2v) is 7.13. The fourth-order valence-corrected chi connectivity index (χ4v) is 4.09. The van der Waals surface area contributed by atoms with Crippen molar-refractivity contribution in [3.8, 4) is 11.1 Å². The van der Waals surface area contributed by atoms with E-state index in [4.69, 9.17) is 4.74 Å². The summed E-state index contributed by atoms with van der Waals surface area (Å²) in [7, 11) is 0. The SMILES string of the molecule is O=C(O)[C@@H]1CC(O)CN(C(=O)OCC2c3ccccc3-c3ccccc32)C1. The van der Waals surface area contributed by atoms with E-state index in [-0.39, 0.29) is 32.0 Å². The molecule has 1 aliphatic carbocycles. The van der Waals surface area contributed by atoms with Crippen LogP contribution in [-0.2, 0) is 9.53 Å². The molecule has 1 amide bonds. The van der Waals surface area contributed by atoms with Crippen molar-refractivity contribution >= 4 is 12.1 Å². The number of ether oxygens (including phenoxy) is 1. The normalized spacial score (nSPS) is 21.4. The molecule has 4 rings (SSSR count). The largest absolute Gasteiger partial charge is 0.481 e. The molecule has 140 valence electrons. The minimum atomic E-state index is -1.01. The second kappa shape index (κ2) is 7.04. The van der Waals surface area contributed by atoms with Crippen LogP contribution >= 0.6 is 0 Å². The zero-order chi connectivity index (χ0) is 19.0. The number of hydrogen-bond acceptors (Lipinski definition) is 4. The molecule has 1 saturated heterocycles. The van der Waals surface area contributed by atoms with E-state index in [0.29, 0.717) is 0 Å². The number of amides is 1. The van der Waals surface area contributed by atoms with Crippen LogP contribution in [0, 0.1) is 5.92 Å². The number of rotatable bonds is 3. The molecular weight excluding hydrogens is 346 g/mol. The summed E-state index contributed by atoms with van der Waals surface area (Å²) >= 11 is 0. The summed E-state index contributed by atoms with van der Waals surface area (Å²) in [5.74, 6) is -1.83. The highest BCUT2D eigenvalue weighted by Gasteiger charge is 2.35. The lowest BCUT2D eigenvalue weighted by atomic mass is 9.96. The van der Waals surface area contributed by atoms with E-state index in [1.807, 2.05) is 36.4 Å². The van der Waals surface area contributed by atoms with Gasteiger partial charge in [-0.1, -0.05) is 48.5 Å². The summed E-state index contributed by atoms with van der Waals surface area (Å²) in [6.07, 6.45) is -1.27. The first kappa shape index (κ1) is 17.5. The molecule has 2 atom stereocenters. The van der Waals surface area contributed by atoms with Crippen molar-refractivity contribution in [2.75, 3.05) is 19.7 Å². The van der Waals surface area contributed by atoms with Crippen LogP contribution in [0.25, 0.3) is 11.1 Å². The summed E-state index contributed by atoms with van der Waals surface area (Å²) in [6, 6.07) is 16.1. The molecule has 0 spiro atoms. The molecule has 1 aliphatic heterocycles. The number of hydrogen-bond donors (Lipinski definition) is 2. The molecule has 2 aromatic carbocycles. The second-order valence-electron chi connectivity index (χ2n) is 7.13. The van der Waals surface area contributed by atoms with Gasteiger partial charge in [0.2, 0.25) is 0 Å². The Hall–Kier alpha value is -2.86. The van der Waals surface area contributed by atoms with Crippen LogP contribution in [-0.4, -0.2) is 53.0 Å². The third-order valence-electron chi connectivity index (χ3n) is 5.37. The van der Waals surface area contributed by atoms with Crippen molar-refractivity contribution in [1.82, 2.24) is 4.90 Å². The van der Waals surface area contributed by atoms with E-state index >= 15 is 0 Å². The van der Waals surface area contributed by atoms with Crippen LogP contribution < -0.4 is 0 Å². The monoisotopic (exact) mass is 367 g/mol. The molecule has 0 radical (unpaired) electrons. The predicted octanol–water partition coefficient (Wildman–Crippen LogP) is 2.70. The molecule has 0 aromatic heterocycles. The predicted molar refractivity (Wildman–Crippen MR) is 98.4 cm³/mol. The number of aliphatic hydroxyl groups excluding tert-OH is 1. The van der Waals surface area contributed by atoms with E-state index in [1.165, 1.54) is 4.90 Å².